The number of carbonyl (C=O) groups excluding carboxylic acids is 1. The van der Waals surface area contributed by atoms with Gasteiger partial charge in [-0.25, -0.2) is 0 Å². The molecule has 0 saturated carbocycles. The number of unbranched alkanes of at least 4 members (excludes halogenated alkanes) is 3. The largest absolute Gasteiger partial charge is 0.294 e. The molecule has 1 aromatic rings. The second kappa shape index (κ2) is 6.78. The summed E-state index contributed by atoms with van der Waals surface area (Å²) in [4.78, 5) is 11.8. The molecule has 81 valence electrons. The fourth-order valence-electron chi connectivity index (χ4n) is 1.46. The van der Waals surface area contributed by atoms with Crippen molar-refractivity contribution in [1.29, 1.82) is 0 Å². The van der Waals surface area contributed by atoms with Gasteiger partial charge in [0.25, 0.3) is 0 Å². The van der Waals surface area contributed by atoms with Gasteiger partial charge in [-0.05, 0) is 12.5 Å². The highest BCUT2D eigenvalue weighted by atomic mass is 79.9. The quantitative estimate of drug-likeness (QED) is 0.551. The van der Waals surface area contributed by atoms with E-state index in [1.807, 2.05) is 24.3 Å². The maximum atomic E-state index is 11.8. The first-order chi connectivity index (χ1) is 7.25. The molecule has 0 unspecified atom stereocenters. The summed E-state index contributed by atoms with van der Waals surface area (Å²) >= 11 is 3.39. The molecule has 0 aliphatic rings. The van der Waals surface area contributed by atoms with Gasteiger partial charge in [-0.2, -0.15) is 0 Å². The van der Waals surface area contributed by atoms with E-state index in [0.717, 1.165) is 35.7 Å². The zero-order valence-corrected chi connectivity index (χ0v) is 10.4. The van der Waals surface area contributed by atoms with Crippen molar-refractivity contribution >= 4 is 21.7 Å². The third kappa shape index (κ3) is 4.17. The molecule has 0 saturated heterocycles. The van der Waals surface area contributed by atoms with Crippen molar-refractivity contribution in [2.75, 3.05) is 0 Å². The SMILES string of the molecule is [CH2]CCCCCC(=O)c1ccccc1Br. The summed E-state index contributed by atoms with van der Waals surface area (Å²) in [6.07, 6.45) is 4.78. The van der Waals surface area contributed by atoms with Crippen molar-refractivity contribution in [3.8, 4) is 0 Å². The number of rotatable bonds is 6. The molecule has 0 aliphatic carbocycles. The van der Waals surface area contributed by atoms with Crippen LogP contribution in [0.3, 0.4) is 0 Å². The van der Waals surface area contributed by atoms with Crippen LogP contribution in [0.4, 0.5) is 0 Å². The van der Waals surface area contributed by atoms with E-state index < -0.39 is 0 Å². The molecule has 0 aliphatic heterocycles. The number of halogens is 1. The summed E-state index contributed by atoms with van der Waals surface area (Å²) in [6, 6.07) is 7.59. The van der Waals surface area contributed by atoms with Crippen molar-refractivity contribution in [2.24, 2.45) is 0 Å². The van der Waals surface area contributed by atoms with Crippen LogP contribution in [0.2, 0.25) is 0 Å². The van der Waals surface area contributed by atoms with E-state index in [1.54, 1.807) is 0 Å². The fraction of sp³-hybridized carbons (Fsp3) is 0.385. The minimum absolute atomic E-state index is 0.228. The van der Waals surface area contributed by atoms with Crippen LogP contribution in [0.5, 0.6) is 0 Å². The standard InChI is InChI=1S/C13H16BrO/c1-2-3-4-5-10-13(15)11-8-6-7-9-12(11)14/h6-9H,1-5,10H2. The average Bonchev–Trinajstić information content (AvgIpc) is 2.25. The number of ketones is 1. The zero-order chi connectivity index (χ0) is 11.1. The summed E-state index contributed by atoms with van der Waals surface area (Å²) in [5, 5.41) is 0. The number of Topliss-reactive ketones (excluding diaryl/α,β-unsaturated/α-hetero) is 1. The van der Waals surface area contributed by atoms with Crippen molar-refractivity contribution < 1.29 is 4.79 Å². The van der Waals surface area contributed by atoms with Crippen LogP contribution in [0, 0.1) is 6.92 Å². The summed E-state index contributed by atoms with van der Waals surface area (Å²) in [7, 11) is 0. The molecule has 0 aromatic heterocycles. The Labute approximate surface area is 100 Å². The lowest BCUT2D eigenvalue weighted by atomic mass is 10.0. The molecule has 0 atom stereocenters. The van der Waals surface area contributed by atoms with Crippen molar-refractivity contribution in [1.82, 2.24) is 0 Å². The summed E-state index contributed by atoms with van der Waals surface area (Å²) in [5.74, 6) is 0.228. The van der Waals surface area contributed by atoms with Crippen LogP contribution in [-0.4, -0.2) is 5.78 Å². The minimum atomic E-state index is 0.228. The Morgan fingerprint density at radius 3 is 2.60 bits per heavy atom. The summed E-state index contributed by atoms with van der Waals surface area (Å²) in [6.45, 7) is 3.78. The van der Waals surface area contributed by atoms with Gasteiger partial charge in [-0.3, -0.25) is 4.79 Å². The van der Waals surface area contributed by atoms with Gasteiger partial charge in [-0.15, -0.1) is 0 Å². The van der Waals surface area contributed by atoms with Crippen molar-refractivity contribution in [2.45, 2.75) is 32.1 Å². The van der Waals surface area contributed by atoms with Gasteiger partial charge in [-0.1, -0.05) is 60.3 Å². The molecule has 2 heteroatoms. The lowest BCUT2D eigenvalue weighted by Gasteiger charge is -2.02. The van der Waals surface area contributed by atoms with Gasteiger partial charge in [0.1, 0.15) is 0 Å². The number of hydrogen-bond acceptors (Lipinski definition) is 1. The Morgan fingerprint density at radius 2 is 1.93 bits per heavy atom. The minimum Gasteiger partial charge on any atom is -0.294 e. The third-order valence-corrected chi connectivity index (χ3v) is 3.02. The second-order valence-electron chi connectivity index (χ2n) is 3.57. The molecule has 0 fully saturated rings. The topological polar surface area (TPSA) is 17.1 Å². The molecule has 0 spiro atoms. The highest BCUT2D eigenvalue weighted by molar-refractivity contribution is 9.10. The molecular formula is C13H16BrO. The predicted molar refractivity (Wildman–Crippen MR) is 66.9 cm³/mol. The highest BCUT2D eigenvalue weighted by Crippen LogP contribution is 2.18. The van der Waals surface area contributed by atoms with Gasteiger partial charge < -0.3 is 0 Å². The zero-order valence-electron chi connectivity index (χ0n) is 8.84. The molecule has 0 amide bonds. The summed E-state index contributed by atoms with van der Waals surface area (Å²) < 4.78 is 0.896. The van der Waals surface area contributed by atoms with Gasteiger partial charge in [0.15, 0.2) is 5.78 Å². The molecular weight excluding hydrogens is 252 g/mol. The van der Waals surface area contributed by atoms with Gasteiger partial charge >= 0.3 is 0 Å². The Balaban J connectivity index is 2.44. The Bertz CT molecular complexity index is 320. The first-order valence-electron chi connectivity index (χ1n) is 5.32. The Hall–Kier alpha value is -0.630. The van der Waals surface area contributed by atoms with Gasteiger partial charge in [0.2, 0.25) is 0 Å². The third-order valence-electron chi connectivity index (χ3n) is 2.33. The van der Waals surface area contributed by atoms with Gasteiger partial charge in [0.05, 0.1) is 0 Å². The van der Waals surface area contributed by atoms with E-state index in [-0.39, 0.29) is 5.78 Å². The smallest absolute Gasteiger partial charge is 0.164 e. The van der Waals surface area contributed by atoms with Crippen LogP contribution >= 0.6 is 15.9 Å². The first kappa shape index (κ1) is 12.4. The summed E-state index contributed by atoms with van der Waals surface area (Å²) in [5.41, 5.74) is 0.798. The molecule has 1 aromatic carbocycles. The lowest BCUT2D eigenvalue weighted by Crippen LogP contribution is -1.99. The Morgan fingerprint density at radius 1 is 1.20 bits per heavy atom. The lowest BCUT2D eigenvalue weighted by molar-refractivity contribution is 0.0978. The normalized spacial score (nSPS) is 10.3. The molecule has 1 rings (SSSR count). The number of benzene rings is 1. The molecule has 15 heavy (non-hydrogen) atoms. The number of hydrogen-bond donors (Lipinski definition) is 0. The first-order valence-corrected chi connectivity index (χ1v) is 6.12. The van der Waals surface area contributed by atoms with Crippen LogP contribution < -0.4 is 0 Å². The van der Waals surface area contributed by atoms with E-state index in [2.05, 4.69) is 22.9 Å². The van der Waals surface area contributed by atoms with Crippen LogP contribution in [0.1, 0.15) is 42.5 Å². The van der Waals surface area contributed by atoms with Gasteiger partial charge in [0, 0.05) is 16.5 Å². The Kier molecular flexibility index (Phi) is 5.62. The second-order valence-corrected chi connectivity index (χ2v) is 4.42. The van der Waals surface area contributed by atoms with Crippen molar-refractivity contribution in [3.05, 3.63) is 41.2 Å². The average molecular weight is 268 g/mol. The predicted octanol–water partition coefficient (Wildman–Crippen LogP) is 4.42. The van der Waals surface area contributed by atoms with Crippen LogP contribution in [0.15, 0.2) is 28.7 Å². The monoisotopic (exact) mass is 267 g/mol. The van der Waals surface area contributed by atoms with E-state index in [0.29, 0.717) is 6.42 Å². The van der Waals surface area contributed by atoms with Crippen LogP contribution in [0.25, 0.3) is 0 Å². The van der Waals surface area contributed by atoms with E-state index in [9.17, 15) is 4.79 Å². The maximum absolute atomic E-state index is 11.8. The molecule has 1 radical (unpaired) electrons. The highest BCUT2D eigenvalue weighted by Gasteiger charge is 2.08. The fourth-order valence-corrected chi connectivity index (χ4v) is 1.97. The molecule has 0 bridgehead atoms. The van der Waals surface area contributed by atoms with E-state index in [1.165, 1.54) is 0 Å². The molecule has 0 heterocycles. The molecule has 0 N–H and O–H groups in total. The molecule has 1 nitrogen and oxygen atoms in total. The number of carbonyl (C=O) groups is 1. The van der Waals surface area contributed by atoms with E-state index >= 15 is 0 Å². The van der Waals surface area contributed by atoms with Crippen molar-refractivity contribution in [3.63, 3.8) is 0 Å². The maximum Gasteiger partial charge on any atom is 0.164 e. The van der Waals surface area contributed by atoms with E-state index in [4.69, 9.17) is 0 Å². The van der Waals surface area contributed by atoms with Crippen LogP contribution in [-0.2, 0) is 0 Å².